The molecule has 0 fully saturated rings. The standard InChI is InChI=1S/C23H38N10O6/c24-15(3-1-9-29-22(25)26)19(37)32-16(4-2-10-30-23(27)28)21(39)33-17(20(38)31-12-18(35)36)11-13-5-7-14(34)8-6-13/h5-8,15-17,34H,1-4,9-12,24H2,(H,31,38)(H,32,37)(H,33,39)(H,35,36)(H4,25,26,29)(H4,27,28,30). The van der Waals surface area contributed by atoms with Crippen molar-refractivity contribution in [3.8, 4) is 5.75 Å². The number of carbonyl (C=O) groups is 4. The van der Waals surface area contributed by atoms with Gasteiger partial charge in [0, 0.05) is 19.5 Å². The number of nitrogens with zero attached hydrogens (tertiary/aromatic N) is 2. The molecule has 3 unspecified atom stereocenters. The predicted octanol–water partition coefficient (Wildman–Crippen LogP) is -3.46. The van der Waals surface area contributed by atoms with Crippen LogP contribution in [0.15, 0.2) is 34.3 Å². The van der Waals surface area contributed by atoms with E-state index in [0.29, 0.717) is 18.4 Å². The molecule has 39 heavy (non-hydrogen) atoms. The molecule has 0 aliphatic heterocycles. The molecule has 1 aromatic rings. The predicted molar refractivity (Wildman–Crippen MR) is 144 cm³/mol. The van der Waals surface area contributed by atoms with Gasteiger partial charge in [-0.05, 0) is 43.4 Å². The summed E-state index contributed by atoms with van der Waals surface area (Å²) >= 11 is 0. The summed E-state index contributed by atoms with van der Waals surface area (Å²) in [6, 6.07) is 2.66. The van der Waals surface area contributed by atoms with Gasteiger partial charge in [-0.1, -0.05) is 12.1 Å². The van der Waals surface area contributed by atoms with Crippen LogP contribution in [0.3, 0.4) is 0 Å². The van der Waals surface area contributed by atoms with Gasteiger partial charge < -0.3 is 54.8 Å². The molecule has 3 atom stereocenters. The van der Waals surface area contributed by atoms with Gasteiger partial charge in [0.05, 0.1) is 6.04 Å². The summed E-state index contributed by atoms with van der Waals surface area (Å²) in [6.07, 6.45) is 1.07. The Morgan fingerprint density at radius 3 is 1.87 bits per heavy atom. The number of phenols is 1. The van der Waals surface area contributed by atoms with Gasteiger partial charge in [-0.15, -0.1) is 0 Å². The van der Waals surface area contributed by atoms with Crippen molar-refractivity contribution in [1.29, 1.82) is 0 Å². The zero-order valence-corrected chi connectivity index (χ0v) is 21.5. The number of aromatic hydroxyl groups is 1. The van der Waals surface area contributed by atoms with Crippen molar-refractivity contribution in [3.05, 3.63) is 29.8 Å². The van der Waals surface area contributed by atoms with E-state index in [9.17, 15) is 24.3 Å². The molecule has 0 spiro atoms. The molecule has 16 nitrogen and oxygen atoms in total. The summed E-state index contributed by atoms with van der Waals surface area (Å²) < 4.78 is 0. The number of phenolic OH excluding ortho intramolecular Hbond substituents is 1. The Balaban J connectivity index is 3.01. The average Bonchev–Trinajstić information content (AvgIpc) is 2.87. The first-order valence-corrected chi connectivity index (χ1v) is 12.1. The number of hydrogen-bond donors (Lipinski definition) is 10. The second kappa shape index (κ2) is 17.0. The first-order valence-electron chi connectivity index (χ1n) is 12.1. The fraction of sp³-hybridized carbons (Fsp3) is 0.478. The second-order valence-electron chi connectivity index (χ2n) is 8.61. The normalized spacial score (nSPS) is 12.7. The molecule has 3 amide bonds. The Morgan fingerprint density at radius 2 is 1.33 bits per heavy atom. The van der Waals surface area contributed by atoms with Gasteiger partial charge in [-0.2, -0.15) is 0 Å². The number of carbonyl (C=O) groups excluding carboxylic acids is 3. The third-order valence-corrected chi connectivity index (χ3v) is 5.31. The molecular formula is C23H38N10O6. The zero-order valence-electron chi connectivity index (χ0n) is 21.5. The molecule has 0 aromatic heterocycles. The first kappa shape index (κ1) is 32.4. The van der Waals surface area contributed by atoms with Crippen LogP contribution in [-0.2, 0) is 25.6 Å². The maximum atomic E-state index is 13.2. The lowest BCUT2D eigenvalue weighted by Crippen LogP contribution is -2.56. The highest BCUT2D eigenvalue weighted by Gasteiger charge is 2.28. The lowest BCUT2D eigenvalue weighted by Gasteiger charge is -2.24. The van der Waals surface area contributed by atoms with E-state index in [4.69, 9.17) is 33.8 Å². The lowest BCUT2D eigenvalue weighted by atomic mass is 10.0. The summed E-state index contributed by atoms with van der Waals surface area (Å²) in [4.78, 5) is 57.3. The van der Waals surface area contributed by atoms with Crippen LogP contribution in [0, 0.1) is 0 Å². The number of aliphatic carboxylic acids is 1. The molecule has 1 rings (SSSR count). The number of aliphatic imine (C=N–C) groups is 2. The number of guanidine groups is 2. The molecule has 0 bridgehead atoms. The Bertz CT molecular complexity index is 1020. The van der Waals surface area contributed by atoms with E-state index < -0.39 is 48.4 Å². The number of hydrogen-bond acceptors (Lipinski definition) is 8. The fourth-order valence-corrected chi connectivity index (χ4v) is 3.34. The number of benzene rings is 1. The molecular weight excluding hydrogens is 512 g/mol. The zero-order chi connectivity index (χ0) is 29.4. The Labute approximate surface area is 225 Å². The van der Waals surface area contributed by atoms with Gasteiger partial charge in [0.15, 0.2) is 11.9 Å². The first-order chi connectivity index (χ1) is 18.4. The van der Waals surface area contributed by atoms with Crippen LogP contribution in [0.2, 0.25) is 0 Å². The summed E-state index contributed by atoms with van der Waals surface area (Å²) in [7, 11) is 0. The second-order valence-corrected chi connectivity index (χ2v) is 8.61. The Kier molecular flexibility index (Phi) is 14.1. The van der Waals surface area contributed by atoms with E-state index in [1.54, 1.807) is 12.1 Å². The van der Waals surface area contributed by atoms with Crippen LogP contribution in [0.5, 0.6) is 5.75 Å². The van der Waals surface area contributed by atoms with Crippen LogP contribution in [0.25, 0.3) is 0 Å². The molecule has 1 aromatic carbocycles. The minimum atomic E-state index is -1.27. The number of rotatable bonds is 17. The number of amides is 3. The molecule has 15 N–H and O–H groups in total. The lowest BCUT2D eigenvalue weighted by molar-refractivity contribution is -0.138. The topological polar surface area (TPSA) is 300 Å². The van der Waals surface area contributed by atoms with Gasteiger partial charge in [0.25, 0.3) is 0 Å². The van der Waals surface area contributed by atoms with Crippen molar-refractivity contribution in [1.82, 2.24) is 16.0 Å². The van der Waals surface area contributed by atoms with E-state index in [0.717, 1.165) is 0 Å². The largest absolute Gasteiger partial charge is 0.508 e. The van der Waals surface area contributed by atoms with E-state index in [1.165, 1.54) is 12.1 Å². The van der Waals surface area contributed by atoms with Crippen molar-refractivity contribution in [2.75, 3.05) is 19.6 Å². The van der Waals surface area contributed by atoms with Crippen molar-refractivity contribution >= 4 is 35.6 Å². The fourth-order valence-electron chi connectivity index (χ4n) is 3.34. The van der Waals surface area contributed by atoms with Gasteiger partial charge in [0.1, 0.15) is 24.4 Å². The highest BCUT2D eigenvalue weighted by Crippen LogP contribution is 2.12. The van der Waals surface area contributed by atoms with Crippen molar-refractivity contribution < 1.29 is 29.4 Å². The van der Waals surface area contributed by atoms with Crippen molar-refractivity contribution in [3.63, 3.8) is 0 Å². The molecule has 0 heterocycles. The van der Waals surface area contributed by atoms with Crippen molar-refractivity contribution in [2.45, 2.75) is 50.2 Å². The summed E-state index contributed by atoms with van der Waals surface area (Å²) in [6.45, 7) is -0.201. The maximum Gasteiger partial charge on any atom is 0.322 e. The average molecular weight is 551 g/mol. The molecule has 0 radical (unpaired) electrons. The maximum absolute atomic E-state index is 13.2. The third-order valence-electron chi connectivity index (χ3n) is 5.31. The number of carboxylic acid groups (broad SMARTS) is 1. The van der Waals surface area contributed by atoms with Crippen molar-refractivity contribution in [2.24, 2.45) is 38.7 Å². The van der Waals surface area contributed by atoms with Crippen LogP contribution >= 0.6 is 0 Å². The quantitative estimate of drug-likeness (QED) is 0.0516. The molecule has 0 aliphatic rings. The van der Waals surface area contributed by atoms with E-state index in [1.807, 2.05) is 0 Å². The monoisotopic (exact) mass is 550 g/mol. The minimum Gasteiger partial charge on any atom is -0.508 e. The number of carboxylic acids is 1. The Morgan fingerprint density at radius 1 is 0.795 bits per heavy atom. The highest BCUT2D eigenvalue weighted by molar-refractivity contribution is 5.93. The van der Waals surface area contributed by atoms with Gasteiger partial charge in [-0.3, -0.25) is 29.2 Å². The molecule has 0 saturated heterocycles. The van der Waals surface area contributed by atoms with Crippen LogP contribution in [0.4, 0.5) is 0 Å². The summed E-state index contributed by atoms with van der Waals surface area (Å²) in [5, 5.41) is 25.8. The van der Waals surface area contributed by atoms with E-state index in [2.05, 4.69) is 25.9 Å². The molecule has 0 aliphatic carbocycles. The molecule has 216 valence electrons. The smallest absolute Gasteiger partial charge is 0.322 e. The van der Waals surface area contributed by atoms with Gasteiger partial charge in [-0.25, -0.2) is 0 Å². The SMILES string of the molecule is NC(N)=NCCCC(N)C(=O)NC(CCCN=C(N)N)C(=O)NC(Cc1ccc(O)cc1)C(=O)NCC(=O)O. The van der Waals surface area contributed by atoms with E-state index in [-0.39, 0.29) is 50.0 Å². The Hall–Kier alpha value is -4.60. The number of nitrogens with one attached hydrogen (secondary N) is 3. The molecule has 0 saturated carbocycles. The highest BCUT2D eigenvalue weighted by atomic mass is 16.4. The van der Waals surface area contributed by atoms with Crippen LogP contribution < -0.4 is 44.6 Å². The summed E-state index contributed by atoms with van der Waals surface area (Å²) in [5.41, 5.74) is 27.8. The summed E-state index contributed by atoms with van der Waals surface area (Å²) in [5.74, 6) is -3.53. The van der Waals surface area contributed by atoms with Crippen LogP contribution in [0.1, 0.15) is 31.2 Å². The third kappa shape index (κ3) is 14.1. The van der Waals surface area contributed by atoms with Crippen LogP contribution in [-0.4, -0.2) is 83.6 Å². The minimum absolute atomic E-state index is 0.00727. The van der Waals surface area contributed by atoms with E-state index >= 15 is 0 Å². The molecule has 16 heteroatoms. The van der Waals surface area contributed by atoms with Gasteiger partial charge in [0.2, 0.25) is 17.7 Å². The number of nitrogens with two attached hydrogens (primary N) is 5. The van der Waals surface area contributed by atoms with Gasteiger partial charge >= 0.3 is 5.97 Å².